The predicted molar refractivity (Wildman–Crippen MR) is 64.8 cm³/mol. The van der Waals surface area contributed by atoms with E-state index in [4.69, 9.17) is 4.74 Å². The van der Waals surface area contributed by atoms with Gasteiger partial charge < -0.3 is 4.74 Å². The molecule has 0 bridgehead atoms. The Morgan fingerprint density at radius 2 is 1.65 bits per heavy atom. The van der Waals surface area contributed by atoms with Crippen LogP contribution in [0.2, 0.25) is 0 Å². The van der Waals surface area contributed by atoms with Crippen LogP contribution in [0.4, 0.5) is 8.78 Å². The molecule has 0 aliphatic carbocycles. The van der Waals surface area contributed by atoms with Gasteiger partial charge in [-0.3, -0.25) is 0 Å². The molecule has 88 valence electrons. The third-order valence-corrected chi connectivity index (χ3v) is 2.73. The molecule has 2 aromatic rings. The fourth-order valence-corrected chi connectivity index (χ4v) is 1.59. The van der Waals surface area contributed by atoms with Gasteiger partial charge in [0, 0.05) is 4.47 Å². The molecule has 0 heterocycles. The summed E-state index contributed by atoms with van der Waals surface area (Å²) in [5.74, 6) is -1.03. The normalized spacial score (nSPS) is 10.3. The van der Waals surface area contributed by atoms with Gasteiger partial charge in [-0.2, -0.15) is 0 Å². The lowest BCUT2D eigenvalue weighted by Crippen LogP contribution is -1.96. The number of benzene rings is 2. The van der Waals surface area contributed by atoms with E-state index in [0.29, 0.717) is 11.3 Å². The Bertz CT molecular complexity index is 511. The monoisotopic (exact) mass is 298 g/mol. The predicted octanol–water partition coefficient (Wildman–Crippen LogP) is 4.31. The summed E-state index contributed by atoms with van der Waals surface area (Å²) in [6.45, 7) is 0.207. The summed E-state index contributed by atoms with van der Waals surface area (Å²) in [4.78, 5) is 0. The van der Waals surface area contributed by atoms with Crippen LogP contribution in [-0.2, 0) is 6.61 Å². The van der Waals surface area contributed by atoms with E-state index in [9.17, 15) is 8.78 Å². The lowest BCUT2D eigenvalue weighted by Gasteiger charge is -2.06. The van der Waals surface area contributed by atoms with Gasteiger partial charge in [0.2, 0.25) is 0 Å². The lowest BCUT2D eigenvalue weighted by atomic mass is 10.2. The molecule has 0 radical (unpaired) electrons. The number of ether oxygens (including phenoxy) is 1. The second-order valence-corrected chi connectivity index (χ2v) is 4.41. The van der Waals surface area contributed by atoms with E-state index >= 15 is 0 Å². The van der Waals surface area contributed by atoms with Crippen molar-refractivity contribution in [2.75, 3.05) is 0 Å². The van der Waals surface area contributed by atoms with E-state index in [-0.39, 0.29) is 6.61 Å². The molecule has 0 saturated carbocycles. The highest BCUT2D eigenvalue weighted by atomic mass is 79.9. The zero-order valence-corrected chi connectivity index (χ0v) is 10.4. The lowest BCUT2D eigenvalue weighted by molar-refractivity contribution is 0.305. The van der Waals surface area contributed by atoms with Crippen LogP contribution in [-0.4, -0.2) is 0 Å². The highest BCUT2D eigenvalue weighted by Crippen LogP contribution is 2.18. The van der Waals surface area contributed by atoms with E-state index in [1.54, 1.807) is 12.1 Å². The molecule has 17 heavy (non-hydrogen) atoms. The van der Waals surface area contributed by atoms with Gasteiger partial charge in [0.15, 0.2) is 11.6 Å². The number of halogens is 3. The van der Waals surface area contributed by atoms with Crippen LogP contribution in [0.3, 0.4) is 0 Å². The zero-order chi connectivity index (χ0) is 12.3. The Morgan fingerprint density at radius 3 is 2.29 bits per heavy atom. The molecule has 0 unspecified atom stereocenters. The molecule has 0 aromatic heterocycles. The van der Waals surface area contributed by atoms with Crippen molar-refractivity contribution in [3.63, 3.8) is 0 Å². The standard InChI is InChI=1S/C13H9BrF2O/c14-10-2-4-11(5-3-10)17-8-9-1-6-12(15)13(16)7-9/h1-7H,8H2. The van der Waals surface area contributed by atoms with Gasteiger partial charge >= 0.3 is 0 Å². The Kier molecular flexibility index (Phi) is 3.74. The minimum absolute atomic E-state index is 0.207. The average Bonchev–Trinajstić information content (AvgIpc) is 2.33. The zero-order valence-electron chi connectivity index (χ0n) is 8.79. The molecule has 0 N–H and O–H groups in total. The van der Waals surface area contributed by atoms with E-state index in [2.05, 4.69) is 15.9 Å². The summed E-state index contributed by atoms with van der Waals surface area (Å²) in [5, 5.41) is 0. The first-order valence-electron chi connectivity index (χ1n) is 4.97. The molecular formula is C13H9BrF2O. The highest BCUT2D eigenvalue weighted by Gasteiger charge is 2.03. The second-order valence-electron chi connectivity index (χ2n) is 3.49. The van der Waals surface area contributed by atoms with Crippen LogP contribution in [0.15, 0.2) is 46.9 Å². The summed E-state index contributed by atoms with van der Waals surface area (Å²) in [6, 6.07) is 11.0. The van der Waals surface area contributed by atoms with Crippen LogP contribution in [0.1, 0.15) is 5.56 Å². The molecule has 0 spiro atoms. The first-order chi connectivity index (χ1) is 8.15. The van der Waals surface area contributed by atoms with E-state index in [1.165, 1.54) is 6.07 Å². The van der Waals surface area contributed by atoms with Crippen LogP contribution >= 0.6 is 15.9 Å². The van der Waals surface area contributed by atoms with E-state index < -0.39 is 11.6 Å². The summed E-state index contributed by atoms with van der Waals surface area (Å²) >= 11 is 3.31. The van der Waals surface area contributed by atoms with Crippen LogP contribution in [0.5, 0.6) is 5.75 Å². The average molecular weight is 299 g/mol. The quantitative estimate of drug-likeness (QED) is 0.820. The SMILES string of the molecule is Fc1ccc(COc2ccc(Br)cc2)cc1F. The summed E-state index contributed by atoms with van der Waals surface area (Å²) in [7, 11) is 0. The maximum absolute atomic E-state index is 12.9. The van der Waals surface area contributed by atoms with Gasteiger partial charge in [0.1, 0.15) is 12.4 Å². The molecular weight excluding hydrogens is 290 g/mol. The van der Waals surface area contributed by atoms with Crippen molar-refractivity contribution in [3.05, 3.63) is 64.1 Å². The molecule has 2 aromatic carbocycles. The van der Waals surface area contributed by atoms with Crippen molar-refractivity contribution in [1.29, 1.82) is 0 Å². The van der Waals surface area contributed by atoms with Crippen LogP contribution < -0.4 is 4.74 Å². The molecule has 0 aliphatic heterocycles. The first kappa shape index (κ1) is 12.0. The largest absolute Gasteiger partial charge is 0.489 e. The van der Waals surface area contributed by atoms with Gasteiger partial charge in [-0.05, 0) is 42.0 Å². The van der Waals surface area contributed by atoms with Crippen molar-refractivity contribution in [2.45, 2.75) is 6.61 Å². The number of rotatable bonds is 3. The first-order valence-corrected chi connectivity index (χ1v) is 5.77. The maximum Gasteiger partial charge on any atom is 0.159 e. The number of hydrogen-bond acceptors (Lipinski definition) is 1. The van der Waals surface area contributed by atoms with Crippen molar-refractivity contribution < 1.29 is 13.5 Å². The Labute approximate surface area is 106 Å². The smallest absolute Gasteiger partial charge is 0.159 e. The topological polar surface area (TPSA) is 9.23 Å². The van der Waals surface area contributed by atoms with Gasteiger partial charge in [-0.15, -0.1) is 0 Å². The molecule has 2 rings (SSSR count). The Balaban J connectivity index is 2.02. The van der Waals surface area contributed by atoms with Crippen LogP contribution in [0.25, 0.3) is 0 Å². The fourth-order valence-electron chi connectivity index (χ4n) is 1.33. The summed E-state index contributed by atoms with van der Waals surface area (Å²) < 4.78 is 32.0. The minimum atomic E-state index is -0.859. The summed E-state index contributed by atoms with van der Waals surface area (Å²) in [6.07, 6.45) is 0. The maximum atomic E-state index is 12.9. The van der Waals surface area contributed by atoms with Crippen molar-refractivity contribution >= 4 is 15.9 Å². The third-order valence-electron chi connectivity index (χ3n) is 2.20. The third kappa shape index (κ3) is 3.27. The number of hydrogen-bond donors (Lipinski definition) is 0. The van der Waals surface area contributed by atoms with Crippen molar-refractivity contribution in [3.8, 4) is 5.75 Å². The van der Waals surface area contributed by atoms with Gasteiger partial charge in [0.05, 0.1) is 0 Å². The molecule has 4 heteroatoms. The summed E-state index contributed by atoms with van der Waals surface area (Å²) in [5.41, 5.74) is 0.590. The molecule has 0 saturated heterocycles. The van der Waals surface area contributed by atoms with Crippen molar-refractivity contribution in [2.24, 2.45) is 0 Å². The van der Waals surface area contributed by atoms with Crippen molar-refractivity contribution in [1.82, 2.24) is 0 Å². The van der Waals surface area contributed by atoms with E-state index in [0.717, 1.165) is 16.6 Å². The highest BCUT2D eigenvalue weighted by molar-refractivity contribution is 9.10. The van der Waals surface area contributed by atoms with Gasteiger partial charge in [-0.25, -0.2) is 8.78 Å². The second kappa shape index (κ2) is 5.27. The Morgan fingerprint density at radius 1 is 0.941 bits per heavy atom. The van der Waals surface area contributed by atoms with E-state index in [1.807, 2.05) is 12.1 Å². The molecule has 0 fully saturated rings. The molecule has 1 nitrogen and oxygen atoms in total. The van der Waals surface area contributed by atoms with Crippen LogP contribution in [0, 0.1) is 11.6 Å². The molecule has 0 atom stereocenters. The molecule has 0 amide bonds. The minimum Gasteiger partial charge on any atom is -0.489 e. The fraction of sp³-hybridized carbons (Fsp3) is 0.0769. The van der Waals surface area contributed by atoms with Gasteiger partial charge in [0.25, 0.3) is 0 Å². The van der Waals surface area contributed by atoms with Gasteiger partial charge in [-0.1, -0.05) is 22.0 Å². The Hall–Kier alpha value is -1.42. The molecule has 0 aliphatic rings.